The van der Waals surface area contributed by atoms with Crippen molar-refractivity contribution < 1.29 is 14.3 Å². The number of rotatable bonds is 6. The van der Waals surface area contributed by atoms with E-state index in [4.69, 9.17) is 9.47 Å². The zero-order chi connectivity index (χ0) is 16.7. The Morgan fingerprint density at radius 2 is 2.04 bits per heavy atom. The van der Waals surface area contributed by atoms with Crippen molar-refractivity contribution in [3.8, 4) is 0 Å². The van der Waals surface area contributed by atoms with Gasteiger partial charge in [-0.25, -0.2) is 9.78 Å². The van der Waals surface area contributed by atoms with Crippen LogP contribution < -0.4 is 10.2 Å². The van der Waals surface area contributed by atoms with Gasteiger partial charge in [0.2, 0.25) is 5.95 Å². The lowest BCUT2D eigenvalue weighted by Gasteiger charge is -2.34. The highest BCUT2D eigenvalue weighted by Crippen LogP contribution is 2.17. The topological polar surface area (TPSA) is 79.8 Å². The molecule has 23 heavy (non-hydrogen) atoms. The highest BCUT2D eigenvalue weighted by Gasteiger charge is 2.23. The SMILES string of the molecule is CCOC(=O)N1CCN(c2cc(C)nc(NCCOC)n2)CC1. The second-order valence-electron chi connectivity index (χ2n) is 5.28. The quantitative estimate of drug-likeness (QED) is 0.786. The number of amides is 1. The predicted molar refractivity (Wildman–Crippen MR) is 87.9 cm³/mol. The lowest BCUT2D eigenvalue weighted by molar-refractivity contribution is 0.105. The van der Waals surface area contributed by atoms with Crippen molar-refractivity contribution in [2.45, 2.75) is 13.8 Å². The average Bonchev–Trinajstić information content (AvgIpc) is 2.55. The van der Waals surface area contributed by atoms with Crippen LogP contribution in [0, 0.1) is 6.92 Å². The number of hydrogen-bond donors (Lipinski definition) is 1. The van der Waals surface area contributed by atoms with Gasteiger partial charge in [0.15, 0.2) is 0 Å². The van der Waals surface area contributed by atoms with Gasteiger partial charge in [-0.3, -0.25) is 0 Å². The molecule has 1 N–H and O–H groups in total. The molecule has 1 aromatic heterocycles. The minimum atomic E-state index is -0.243. The minimum absolute atomic E-state index is 0.243. The molecule has 128 valence electrons. The maximum Gasteiger partial charge on any atom is 0.409 e. The van der Waals surface area contributed by atoms with E-state index in [2.05, 4.69) is 20.2 Å². The van der Waals surface area contributed by atoms with Crippen molar-refractivity contribution in [2.75, 3.05) is 63.3 Å². The fourth-order valence-corrected chi connectivity index (χ4v) is 2.39. The van der Waals surface area contributed by atoms with Crippen LogP contribution in [0.5, 0.6) is 0 Å². The molecule has 0 unspecified atom stereocenters. The van der Waals surface area contributed by atoms with E-state index in [0.29, 0.717) is 38.8 Å². The standard InChI is InChI=1S/C15H25N5O3/c1-4-23-15(21)20-8-6-19(7-9-20)13-11-12(2)17-14(18-13)16-5-10-22-3/h11H,4-10H2,1-3H3,(H,16,17,18). The van der Waals surface area contributed by atoms with E-state index in [1.165, 1.54) is 0 Å². The van der Waals surface area contributed by atoms with E-state index in [9.17, 15) is 4.79 Å². The molecule has 2 heterocycles. The Kier molecular flexibility index (Phi) is 6.40. The summed E-state index contributed by atoms with van der Waals surface area (Å²) in [4.78, 5) is 24.5. The second-order valence-corrected chi connectivity index (χ2v) is 5.28. The molecular formula is C15H25N5O3. The van der Waals surface area contributed by atoms with Crippen molar-refractivity contribution in [1.82, 2.24) is 14.9 Å². The molecule has 0 saturated carbocycles. The number of aryl methyl sites for hydroxylation is 1. The molecule has 0 aliphatic carbocycles. The van der Waals surface area contributed by atoms with Gasteiger partial charge < -0.3 is 24.6 Å². The number of anilines is 2. The Bertz CT molecular complexity index is 518. The van der Waals surface area contributed by atoms with E-state index >= 15 is 0 Å². The zero-order valence-corrected chi connectivity index (χ0v) is 14.0. The van der Waals surface area contributed by atoms with Crippen LogP contribution in [0.3, 0.4) is 0 Å². The summed E-state index contributed by atoms with van der Waals surface area (Å²) < 4.78 is 10.1. The van der Waals surface area contributed by atoms with Crippen molar-refractivity contribution in [1.29, 1.82) is 0 Å². The number of hydrogen-bond acceptors (Lipinski definition) is 7. The molecule has 1 aromatic rings. The van der Waals surface area contributed by atoms with Crippen molar-refractivity contribution in [3.63, 3.8) is 0 Å². The third-order valence-corrected chi connectivity index (χ3v) is 3.56. The highest BCUT2D eigenvalue weighted by molar-refractivity contribution is 5.68. The molecule has 0 radical (unpaired) electrons. The minimum Gasteiger partial charge on any atom is -0.450 e. The summed E-state index contributed by atoms with van der Waals surface area (Å²) >= 11 is 0. The number of nitrogens with zero attached hydrogens (tertiary/aromatic N) is 4. The predicted octanol–water partition coefficient (Wildman–Crippen LogP) is 1.12. The lowest BCUT2D eigenvalue weighted by atomic mass is 10.3. The summed E-state index contributed by atoms with van der Waals surface area (Å²) in [5, 5.41) is 3.15. The molecular weight excluding hydrogens is 298 g/mol. The van der Waals surface area contributed by atoms with Crippen LogP contribution in [0.25, 0.3) is 0 Å². The maximum atomic E-state index is 11.7. The first-order chi connectivity index (χ1) is 11.1. The van der Waals surface area contributed by atoms with Gasteiger partial charge in [-0.1, -0.05) is 0 Å². The zero-order valence-electron chi connectivity index (χ0n) is 14.0. The number of piperazine rings is 1. The number of aromatic nitrogens is 2. The Labute approximate surface area is 136 Å². The van der Waals surface area contributed by atoms with Crippen LogP contribution in [-0.2, 0) is 9.47 Å². The second kappa shape index (κ2) is 8.52. The van der Waals surface area contributed by atoms with E-state index in [-0.39, 0.29) is 6.09 Å². The molecule has 8 heteroatoms. The van der Waals surface area contributed by atoms with Crippen LogP contribution in [0.1, 0.15) is 12.6 Å². The van der Waals surface area contributed by atoms with Gasteiger partial charge in [-0.2, -0.15) is 4.98 Å². The molecule has 8 nitrogen and oxygen atoms in total. The van der Waals surface area contributed by atoms with Gasteiger partial charge in [-0.15, -0.1) is 0 Å². The van der Waals surface area contributed by atoms with Crippen LogP contribution in [0.2, 0.25) is 0 Å². The average molecular weight is 323 g/mol. The molecule has 0 spiro atoms. The first-order valence-electron chi connectivity index (χ1n) is 7.89. The molecule has 1 aliphatic heterocycles. The van der Waals surface area contributed by atoms with E-state index in [0.717, 1.165) is 24.6 Å². The summed E-state index contributed by atoms with van der Waals surface area (Å²) in [6.45, 7) is 8.15. The number of carbonyl (C=O) groups excluding carboxylic acids is 1. The third-order valence-electron chi connectivity index (χ3n) is 3.56. The first-order valence-corrected chi connectivity index (χ1v) is 7.89. The van der Waals surface area contributed by atoms with Crippen LogP contribution >= 0.6 is 0 Å². The molecule has 1 saturated heterocycles. The van der Waals surface area contributed by atoms with E-state index < -0.39 is 0 Å². The molecule has 0 aromatic carbocycles. The Morgan fingerprint density at radius 1 is 1.30 bits per heavy atom. The largest absolute Gasteiger partial charge is 0.450 e. The number of carbonyl (C=O) groups is 1. The summed E-state index contributed by atoms with van der Waals surface area (Å²) in [7, 11) is 1.66. The fourth-order valence-electron chi connectivity index (χ4n) is 2.39. The van der Waals surface area contributed by atoms with Gasteiger partial charge in [0.1, 0.15) is 5.82 Å². The maximum absolute atomic E-state index is 11.7. The Hall–Kier alpha value is -2.09. The smallest absolute Gasteiger partial charge is 0.409 e. The van der Waals surface area contributed by atoms with E-state index in [1.807, 2.05) is 19.9 Å². The summed E-state index contributed by atoms with van der Waals surface area (Å²) in [6, 6.07) is 1.96. The van der Waals surface area contributed by atoms with E-state index in [1.54, 1.807) is 12.0 Å². The summed E-state index contributed by atoms with van der Waals surface area (Å²) in [5.41, 5.74) is 0.905. The monoisotopic (exact) mass is 323 g/mol. The Morgan fingerprint density at radius 3 is 2.70 bits per heavy atom. The Balaban J connectivity index is 1.96. The third kappa shape index (κ3) is 4.95. The van der Waals surface area contributed by atoms with Crippen LogP contribution in [-0.4, -0.2) is 74.0 Å². The lowest BCUT2D eigenvalue weighted by Crippen LogP contribution is -2.49. The van der Waals surface area contributed by atoms with Gasteiger partial charge in [-0.05, 0) is 13.8 Å². The number of methoxy groups -OCH3 is 1. The van der Waals surface area contributed by atoms with Gasteiger partial charge in [0, 0.05) is 51.6 Å². The van der Waals surface area contributed by atoms with Gasteiger partial charge >= 0.3 is 6.09 Å². The number of ether oxygens (including phenoxy) is 2. The molecule has 2 rings (SSSR count). The van der Waals surface area contributed by atoms with Crippen molar-refractivity contribution in [2.24, 2.45) is 0 Å². The normalized spacial score (nSPS) is 14.7. The van der Waals surface area contributed by atoms with Gasteiger partial charge in [0.05, 0.1) is 13.2 Å². The number of nitrogens with one attached hydrogen (secondary N) is 1. The van der Waals surface area contributed by atoms with Crippen molar-refractivity contribution in [3.05, 3.63) is 11.8 Å². The van der Waals surface area contributed by atoms with Crippen LogP contribution in [0.4, 0.5) is 16.6 Å². The fraction of sp³-hybridized carbons (Fsp3) is 0.667. The van der Waals surface area contributed by atoms with Gasteiger partial charge in [0.25, 0.3) is 0 Å². The summed E-state index contributed by atoms with van der Waals surface area (Å²) in [5.74, 6) is 1.48. The van der Waals surface area contributed by atoms with Crippen LogP contribution in [0.15, 0.2) is 6.07 Å². The highest BCUT2D eigenvalue weighted by atomic mass is 16.6. The van der Waals surface area contributed by atoms with Crippen molar-refractivity contribution >= 4 is 17.9 Å². The first kappa shape index (κ1) is 17.3. The molecule has 1 amide bonds. The summed E-state index contributed by atoms with van der Waals surface area (Å²) in [6.07, 6.45) is -0.243. The molecule has 0 atom stereocenters. The molecule has 1 aliphatic rings. The molecule has 0 bridgehead atoms. The molecule has 1 fully saturated rings.